The molecule has 0 aliphatic carbocycles. The average Bonchev–Trinajstić information content (AvgIpc) is 3.37. The summed E-state index contributed by atoms with van der Waals surface area (Å²) in [5.41, 5.74) is 2.57. The lowest BCUT2D eigenvalue weighted by Crippen LogP contribution is -2.30. The zero-order chi connectivity index (χ0) is 25.5. The first-order chi connectivity index (χ1) is 17.4. The Labute approximate surface area is 215 Å². The van der Waals surface area contributed by atoms with Crippen molar-refractivity contribution < 1.29 is 14.4 Å². The molecule has 1 aliphatic rings. The molecule has 2 aromatic carbocycles. The standard InChI is InChI=1S/C27H30ClN5O3/c1-18-16-19(11-12-22(18)32-26(35)20-8-3-4-9-21(20)28)31-27(36)25-24(29-17-30-25)23(34)10-7-15-33-13-5-2-6-14-33/h3-4,8-9,11-12,16-17H,2,5-7,10,13-15H2,1H3,(H,29,30)(H,31,36)(H,32,35). The number of aromatic amines is 1. The molecule has 2 heterocycles. The monoisotopic (exact) mass is 507 g/mol. The van der Waals surface area contributed by atoms with Crippen LogP contribution in [0, 0.1) is 6.92 Å². The Kier molecular flexibility index (Phi) is 8.51. The first kappa shape index (κ1) is 25.6. The quantitative estimate of drug-likeness (QED) is 0.339. The molecule has 1 fully saturated rings. The number of H-pyrrole nitrogens is 1. The molecule has 0 unspecified atom stereocenters. The number of halogens is 1. The van der Waals surface area contributed by atoms with Crippen LogP contribution >= 0.6 is 11.6 Å². The summed E-state index contributed by atoms with van der Waals surface area (Å²) in [6.07, 6.45) is 6.16. The van der Waals surface area contributed by atoms with Crippen LogP contribution in [0.3, 0.4) is 0 Å². The Morgan fingerprint density at radius 3 is 2.56 bits per heavy atom. The van der Waals surface area contributed by atoms with Crippen molar-refractivity contribution in [2.45, 2.75) is 39.0 Å². The van der Waals surface area contributed by atoms with E-state index in [0.29, 0.717) is 28.4 Å². The molecule has 1 saturated heterocycles. The van der Waals surface area contributed by atoms with E-state index in [2.05, 4.69) is 25.5 Å². The van der Waals surface area contributed by atoms with Crippen LogP contribution in [-0.2, 0) is 0 Å². The Balaban J connectivity index is 1.35. The van der Waals surface area contributed by atoms with E-state index in [1.807, 2.05) is 6.92 Å². The number of ketones is 1. The number of carbonyl (C=O) groups is 3. The zero-order valence-corrected chi connectivity index (χ0v) is 21.0. The molecule has 2 amide bonds. The van der Waals surface area contributed by atoms with Crippen molar-refractivity contribution in [1.82, 2.24) is 14.9 Å². The highest BCUT2D eigenvalue weighted by Gasteiger charge is 2.21. The molecule has 4 rings (SSSR count). The highest BCUT2D eigenvalue weighted by atomic mass is 35.5. The van der Waals surface area contributed by atoms with Gasteiger partial charge in [0.1, 0.15) is 11.4 Å². The predicted octanol–water partition coefficient (Wildman–Crippen LogP) is 5.32. The van der Waals surface area contributed by atoms with Crippen LogP contribution in [0.2, 0.25) is 5.02 Å². The van der Waals surface area contributed by atoms with E-state index in [0.717, 1.165) is 31.6 Å². The van der Waals surface area contributed by atoms with Crippen LogP contribution in [-0.4, -0.2) is 52.1 Å². The van der Waals surface area contributed by atoms with E-state index in [1.165, 1.54) is 25.6 Å². The van der Waals surface area contributed by atoms with Crippen molar-refractivity contribution in [2.75, 3.05) is 30.3 Å². The molecule has 8 nitrogen and oxygen atoms in total. The number of aryl methyl sites for hydroxylation is 1. The van der Waals surface area contributed by atoms with Crippen molar-refractivity contribution in [1.29, 1.82) is 0 Å². The number of piperidine rings is 1. The third kappa shape index (κ3) is 6.38. The number of imidazole rings is 1. The number of amides is 2. The number of hydrogen-bond donors (Lipinski definition) is 3. The molecule has 9 heteroatoms. The maximum atomic E-state index is 12.9. The van der Waals surface area contributed by atoms with Gasteiger partial charge in [0.25, 0.3) is 11.8 Å². The van der Waals surface area contributed by atoms with Gasteiger partial charge in [0.15, 0.2) is 5.78 Å². The van der Waals surface area contributed by atoms with Crippen molar-refractivity contribution in [3.05, 3.63) is 76.3 Å². The number of benzene rings is 2. The molecule has 0 radical (unpaired) electrons. The van der Waals surface area contributed by atoms with Gasteiger partial charge in [-0.15, -0.1) is 0 Å². The van der Waals surface area contributed by atoms with E-state index < -0.39 is 5.91 Å². The second-order valence-electron chi connectivity index (χ2n) is 8.97. The van der Waals surface area contributed by atoms with Crippen molar-refractivity contribution in [2.24, 2.45) is 0 Å². The van der Waals surface area contributed by atoms with E-state index in [-0.39, 0.29) is 23.1 Å². The molecule has 0 bridgehead atoms. The average molecular weight is 508 g/mol. The maximum Gasteiger partial charge on any atom is 0.274 e. The number of likely N-dealkylation sites (tertiary alicyclic amines) is 1. The largest absolute Gasteiger partial charge is 0.340 e. The van der Waals surface area contributed by atoms with Gasteiger partial charge in [-0.05, 0) is 81.7 Å². The fraction of sp³-hybridized carbons (Fsp3) is 0.333. The molecule has 188 valence electrons. The molecule has 0 atom stereocenters. The van der Waals surface area contributed by atoms with Crippen LogP contribution in [0.5, 0.6) is 0 Å². The number of rotatable bonds is 9. The second-order valence-corrected chi connectivity index (χ2v) is 9.38. The number of Topliss-reactive ketones (excluding diaryl/α,β-unsaturated/α-hetero) is 1. The Bertz CT molecular complexity index is 1250. The summed E-state index contributed by atoms with van der Waals surface area (Å²) in [7, 11) is 0. The third-order valence-electron chi connectivity index (χ3n) is 6.31. The van der Waals surface area contributed by atoms with Gasteiger partial charge in [-0.1, -0.05) is 30.2 Å². The minimum atomic E-state index is -0.445. The fourth-order valence-electron chi connectivity index (χ4n) is 4.35. The molecule has 3 aromatic rings. The van der Waals surface area contributed by atoms with Crippen LogP contribution in [0.25, 0.3) is 0 Å². The van der Waals surface area contributed by atoms with Gasteiger partial charge < -0.3 is 20.5 Å². The van der Waals surface area contributed by atoms with E-state index in [1.54, 1.807) is 42.5 Å². The highest BCUT2D eigenvalue weighted by Crippen LogP contribution is 2.23. The SMILES string of the molecule is Cc1cc(NC(=O)c2[nH]cnc2C(=O)CCCN2CCCCC2)ccc1NC(=O)c1ccccc1Cl. The minimum absolute atomic E-state index is 0.145. The topological polar surface area (TPSA) is 107 Å². The van der Waals surface area contributed by atoms with Gasteiger partial charge in [-0.2, -0.15) is 0 Å². The van der Waals surface area contributed by atoms with Gasteiger partial charge in [0.05, 0.1) is 16.9 Å². The van der Waals surface area contributed by atoms with Gasteiger partial charge in [-0.3, -0.25) is 14.4 Å². The predicted molar refractivity (Wildman–Crippen MR) is 141 cm³/mol. The van der Waals surface area contributed by atoms with E-state index in [9.17, 15) is 14.4 Å². The Morgan fingerprint density at radius 2 is 1.81 bits per heavy atom. The Morgan fingerprint density at radius 1 is 1.03 bits per heavy atom. The first-order valence-corrected chi connectivity index (χ1v) is 12.6. The summed E-state index contributed by atoms with van der Waals surface area (Å²) in [4.78, 5) is 47.5. The van der Waals surface area contributed by atoms with E-state index >= 15 is 0 Å². The van der Waals surface area contributed by atoms with Gasteiger partial charge >= 0.3 is 0 Å². The summed E-state index contributed by atoms with van der Waals surface area (Å²) < 4.78 is 0. The lowest BCUT2D eigenvalue weighted by atomic mass is 10.1. The summed E-state index contributed by atoms with van der Waals surface area (Å²) in [5, 5.41) is 6.02. The van der Waals surface area contributed by atoms with Crippen molar-refractivity contribution in [3.8, 4) is 0 Å². The number of aromatic nitrogens is 2. The van der Waals surface area contributed by atoms with Crippen LogP contribution < -0.4 is 10.6 Å². The molecule has 3 N–H and O–H groups in total. The molecule has 1 aromatic heterocycles. The minimum Gasteiger partial charge on any atom is -0.340 e. The molecule has 36 heavy (non-hydrogen) atoms. The smallest absolute Gasteiger partial charge is 0.274 e. The molecular formula is C27H30ClN5O3. The number of carbonyl (C=O) groups excluding carboxylic acids is 3. The lowest BCUT2D eigenvalue weighted by molar-refractivity contribution is 0.0952. The molecule has 1 aliphatic heterocycles. The highest BCUT2D eigenvalue weighted by molar-refractivity contribution is 6.34. The van der Waals surface area contributed by atoms with Crippen molar-refractivity contribution in [3.63, 3.8) is 0 Å². The normalized spacial score (nSPS) is 13.8. The van der Waals surface area contributed by atoms with Gasteiger partial charge in [-0.25, -0.2) is 4.98 Å². The third-order valence-corrected chi connectivity index (χ3v) is 6.64. The maximum absolute atomic E-state index is 12.9. The first-order valence-electron chi connectivity index (χ1n) is 12.2. The summed E-state index contributed by atoms with van der Waals surface area (Å²) in [6.45, 7) is 4.89. The van der Waals surface area contributed by atoms with Crippen LogP contribution in [0.4, 0.5) is 11.4 Å². The number of nitrogens with zero attached hydrogens (tertiary/aromatic N) is 2. The summed E-state index contributed by atoms with van der Waals surface area (Å²) in [6, 6.07) is 12.0. The zero-order valence-electron chi connectivity index (χ0n) is 20.3. The van der Waals surface area contributed by atoms with Gasteiger partial charge in [0.2, 0.25) is 0 Å². The van der Waals surface area contributed by atoms with Crippen LogP contribution in [0.15, 0.2) is 48.8 Å². The number of nitrogens with one attached hydrogen (secondary N) is 3. The molecular weight excluding hydrogens is 478 g/mol. The number of hydrogen-bond acceptors (Lipinski definition) is 5. The summed E-state index contributed by atoms with van der Waals surface area (Å²) in [5.74, 6) is -0.909. The Hall–Kier alpha value is -3.49. The fourth-order valence-corrected chi connectivity index (χ4v) is 4.58. The van der Waals surface area contributed by atoms with E-state index in [4.69, 9.17) is 11.6 Å². The number of anilines is 2. The van der Waals surface area contributed by atoms with Crippen LogP contribution in [0.1, 0.15) is 69.0 Å². The summed E-state index contributed by atoms with van der Waals surface area (Å²) >= 11 is 6.11. The van der Waals surface area contributed by atoms with Gasteiger partial charge in [0, 0.05) is 17.8 Å². The lowest BCUT2D eigenvalue weighted by Gasteiger charge is -2.26. The second kappa shape index (κ2) is 12.0. The molecule has 0 saturated carbocycles. The van der Waals surface area contributed by atoms with Crippen molar-refractivity contribution >= 4 is 40.6 Å². The molecule has 0 spiro atoms.